The molecule has 196 valence electrons. The Bertz CT molecular complexity index is 1190. The number of carbonyl (C=O) groups is 3. The Labute approximate surface area is 220 Å². The minimum atomic E-state index is -0.978. The lowest BCUT2D eigenvalue weighted by atomic mass is 9.95. The Balaban J connectivity index is 2.04. The molecule has 2 N–H and O–H groups in total. The normalized spacial score (nSPS) is 14.8. The molecule has 0 bridgehead atoms. The van der Waals surface area contributed by atoms with Crippen LogP contribution in [-0.4, -0.2) is 40.5 Å². The zero-order chi connectivity index (χ0) is 27.3. The molecule has 2 aromatic rings. The van der Waals surface area contributed by atoms with E-state index in [1.54, 1.807) is 49.9 Å². The van der Waals surface area contributed by atoms with Crippen LogP contribution >= 0.6 is 0 Å². The van der Waals surface area contributed by atoms with E-state index in [0.29, 0.717) is 16.8 Å². The highest BCUT2D eigenvalue weighted by Gasteiger charge is 2.45. The highest BCUT2D eigenvalue weighted by molar-refractivity contribution is 6.00. The maximum atomic E-state index is 14.1. The van der Waals surface area contributed by atoms with Gasteiger partial charge in [0.1, 0.15) is 17.7 Å². The molecular formula is C30H37N3O4. The van der Waals surface area contributed by atoms with Crippen LogP contribution in [0.5, 0.6) is 0 Å². The molecule has 7 heteroatoms. The molecule has 3 amide bonds. The Hall–Kier alpha value is -3.79. The van der Waals surface area contributed by atoms with E-state index < -0.39 is 23.8 Å². The van der Waals surface area contributed by atoms with Crippen molar-refractivity contribution < 1.29 is 19.1 Å². The Morgan fingerprint density at radius 2 is 1.68 bits per heavy atom. The smallest absolute Gasteiger partial charge is 0.408 e. The van der Waals surface area contributed by atoms with E-state index in [0.717, 1.165) is 18.4 Å². The molecule has 2 aromatic carbocycles. The summed E-state index contributed by atoms with van der Waals surface area (Å²) in [5.41, 5.74) is 1.94. The molecule has 1 aliphatic rings. The van der Waals surface area contributed by atoms with Gasteiger partial charge in [-0.3, -0.25) is 9.59 Å². The third-order valence-corrected chi connectivity index (χ3v) is 6.14. The average Bonchev–Trinajstić information content (AvgIpc) is 3.65. The van der Waals surface area contributed by atoms with Gasteiger partial charge in [0.25, 0.3) is 5.91 Å². The standard InChI is InChI=1S/C30H37N3O4/c1-8-21-14-10-11-15-23(21)26(27(34)31-24-16-12-9-13-20(24)4)33(22-17-18-22)28(35)25(19(2)3)32-29(36)37-30(5,6)7/h1,9-16,19,22,25-26H,17-18H2,2-7H3,(H,31,34)(H,32,36). The number of aryl methyl sites for hydroxylation is 1. The molecule has 1 aliphatic carbocycles. The van der Waals surface area contributed by atoms with Gasteiger partial charge in [-0.15, -0.1) is 6.42 Å². The van der Waals surface area contributed by atoms with Gasteiger partial charge in [0.05, 0.1) is 0 Å². The van der Waals surface area contributed by atoms with Crippen LogP contribution < -0.4 is 10.6 Å². The molecule has 37 heavy (non-hydrogen) atoms. The Kier molecular flexibility index (Phi) is 8.65. The number of hydrogen-bond donors (Lipinski definition) is 2. The van der Waals surface area contributed by atoms with Crippen molar-refractivity contribution in [3.8, 4) is 12.3 Å². The fourth-order valence-corrected chi connectivity index (χ4v) is 4.18. The number of nitrogens with zero attached hydrogens (tertiary/aromatic N) is 1. The predicted octanol–water partition coefficient (Wildman–Crippen LogP) is 5.20. The second-order valence-electron chi connectivity index (χ2n) is 10.8. The summed E-state index contributed by atoms with van der Waals surface area (Å²) < 4.78 is 5.42. The second-order valence-corrected chi connectivity index (χ2v) is 10.8. The summed E-state index contributed by atoms with van der Waals surface area (Å²) in [4.78, 5) is 42.3. The fourth-order valence-electron chi connectivity index (χ4n) is 4.18. The van der Waals surface area contributed by atoms with Gasteiger partial charge in [-0.1, -0.05) is 56.2 Å². The van der Waals surface area contributed by atoms with Crippen molar-refractivity contribution >= 4 is 23.6 Å². The SMILES string of the molecule is C#Cc1ccccc1C(C(=O)Nc1ccccc1C)N(C(=O)C(NC(=O)OC(C)(C)C)C(C)C)C1CC1. The van der Waals surface area contributed by atoms with Crippen LogP contribution in [-0.2, 0) is 14.3 Å². The van der Waals surface area contributed by atoms with Crippen LogP contribution in [0.2, 0.25) is 0 Å². The highest BCUT2D eigenvalue weighted by Crippen LogP contribution is 2.37. The van der Waals surface area contributed by atoms with Crippen molar-refractivity contribution in [3.05, 3.63) is 65.2 Å². The molecule has 1 saturated carbocycles. The van der Waals surface area contributed by atoms with Crippen molar-refractivity contribution in [3.63, 3.8) is 0 Å². The van der Waals surface area contributed by atoms with E-state index in [9.17, 15) is 14.4 Å². The number of alkyl carbamates (subject to hydrolysis) is 1. The van der Waals surface area contributed by atoms with Crippen molar-refractivity contribution in [2.45, 2.75) is 78.1 Å². The minimum Gasteiger partial charge on any atom is -0.444 e. The molecule has 0 aromatic heterocycles. The van der Waals surface area contributed by atoms with Crippen LogP contribution in [0.1, 0.15) is 70.2 Å². The van der Waals surface area contributed by atoms with Gasteiger partial charge in [-0.05, 0) is 69.7 Å². The summed E-state index contributed by atoms with van der Waals surface area (Å²) >= 11 is 0. The topological polar surface area (TPSA) is 87.7 Å². The summed E-state index contributed by atoms with van der Waals surface area (Å²) in [7, 11) is 0. The van der Waals surface area contributed by atoms with E-state index >= 15 is 0 Å². The lowest BCUT2D eigenvalue weighted by molar-refractivity contribution is -0.142. The number of rotatable bonds is 8. The first-order valence-corrected chi connectivity index (χ1v) is 12.7. The molecule has 0 heterocycles. The molecular weight excluding hydrogens is 466 g/mol. The van der Waals surface area contributed by atoms with Crippen LogP contribution in [0, 0.1) is 25.2 Å². The van der Waals surface area contributed by atoms with E-state index in [1.807, 2.05) is 45.0 Å². The monoisotopic (exact) mass is 503 g/mol. The number of hydrogen-bond acceptors (Lipinski definition) is 4. The lowest BCUT2D eigenvalue weighted by Gasteiger charge is -2.36. The zero-order valence-corrected chi connectivity index (χ0v) is 22.5. The number of benzene rings is 2. The van der Waals surface area contributed by atoms with Gasteiger partial charge < -0.3 is 20.3 Å². The zero-order valence-electron chi connectivity index (χ0n) is 22.5. The summed E-state index contributed by atoms with van der Waals surface area (Å²) in [5, 5.41) is 5.75. The van der Waals surface area contributed by atoms with Crippen LogP contribution in [0.3, 0.4) is 0 Å². The van der Waals surface area contributed by atoms with E-state index in [2.05, 4.69) is 16.6 Å². The van der Waals surface area contributed by atoms with Gasteiger partial charge in [0.2, 0.25) is 5.91 Å². The molecule has 2 unspecified atom stereocenters. The van der Waals surface area contributed by atoms with Crippen molar-refractivity contribution in [2.24, 2.45) is 5.92 Å². The van der Waals surface area contributed by atoms with Crippen LogP contribution in [0.15, 0.2) is 48.5 Å². The summed E-state index contributed by atoms with van der Waals surface area (Å²) in [6.07, 6.45) is 6.65. The highest BCUT2D eigenvalue weighted by atomic mass is 16.6. The maximum Gasteiger partial charge on any atom is 0.408 e. The molecule has 0 aliphatic heterocycles. The first-order chi connectivity index (χ1) is 17.4. The van der Waals surface area contributed by atoms with Gasteiger partial charge >= 0.3 is 6.09 Å². The third-order valence-electron chi connectivity index (χ3n) is 6.14. The molecule has 0 spiro atoms. The molecule has 0 saturated heterocycles. The predicted molar refractivity (Wildman–Crippen MR) is 145 cm³/mol. The van der Waals surface area contributed by atoms with Gasteiger partial charge in [0, 0.05) is 17.3 Å². The van der Waals surface area contributed by atoms with Crippen molar-refractivity contribution in [1.29, 1.82) is 0 Å². The Morgan fingerprint density at radius 3 is 2.24 bits per heavy atom. The number of terminal acetylenes is 1. The molecule has 2 atom stereocenters. The molecule has 7 nitrogen and oxygen atoms in total. The van der Waals surface area contributed by atoms with Crippen LogP contribution in [0.25, 0.3) is 0 Å². The van der Waals surface area contributed by atoms with Crippen LogP contribution in [0.4, 0.5) is 10.5 Å². The number of amides is 3. The largest absolute Gasteiger partial charge is 0.444 e. The van der Waals surface area contributed by atoms with Gasteiger partial charge in [0.15, 0.2) is 0 Å². The average molecular weight is 504 g/mol. The number of ether oxygens (including phenoxy) is 1. The maximum absolute atomic E-state index is 14.1. The van der Waals surface area contributed by atoms with E-state index in [4.69, 9.17) is 11.2 Å². The second kappa shape index (κ2) is 11.5. The molecule has 0 radical (unpaired) electrons. The van der Waals surface area contributed by atoms with Crippen molar-refractivity contribution in [2.75, 3.05) is 5.32 Å². The number of para-hydroxylation sites is 1. The Morgan fingerprint density at radius 1 is 1.05 bits per heavy atom. The number of nitrogens with one attached hydrogen (secondary N) is 2. The third kappa shape index (κ3) is 7.13. The lowest BCUT2D eigenvalue weighted by Crippen LogP contribution is -2.55. The van der Waals surface area contributed by atoms with E-state index in [-0.39, 0.29) is 23.8 Å². The summed E-state index contributed by atoms with van der Waals surface area (Å²) in [6, 6.07) is 12.6. The summed E-state index contributed by atoms with van der Waals surface area (Å²) in [6.45, 7) is 10.9. The van der Waals surface area contributed by atoms with Gasteiger partial charge in [-0.2, -0.15) is 0 Å². The fraction of sp³-hybridized carbons (Fsp3) is 0.433. The molecule has 1 fully saturated rings. The van der Waals surface area contributed by atoms with Crippen molar-refractivity contribution in [1.82, 2.24) is 10.2 Å². The van der Waals surface area contributed by atoms with Gasteiger partial charge in [-0.25, -0.2) is 4.79 Å². The number of carbonyl (C=O) groups excluding carboxylic acids is 3. The van der Waals surface area contributed by atoms with E-state index in [1.165, 1.54) is 0 Å². The first-order valence-electron chi connectivity index (χ1n) is 12.7. The quantitative estimate of drug-likeness (QED) is 0.485. The molecule has 3 rings (SSSR count). The summed E-state index contributed by atoms with van der Waals surface area (Å²) in [5.74, 6) is 1.70. The first kappa shape index (κ1) is 27.8. The minimum absolute atomic E-state index is 0.146. The number of anilines is 1.